The Hall–Kier alpha value is -1.92. The van der Waals surface area contributed by atoms with Gasteiger partial charge < -0.3 is 10.7 Å². The molecule has 0 aliphatic heterocycles. The number of rotatable bonds is 3. The first-order valence-corrected chi connectivity index (χ1v) is 6.39. The zero-order valence-corrected chi connectivity index (χ0v) is 11.9. The van der Waals surface area contributed by atoms with Gasteiger partial charge in [-0.3, -0.25) is 4.79 Å². The molecule has 1 heterocycles. The topological polar surface area (TPSA) is 80.0 Å². The minimum absolute atomic E-state index is 0.207. The van der Waals surface area contributed by atoms with Gasteiger partial charge in [0.05, 0.1) is 5.56 Å². The largest absolute Gasteiger partial charge is 0.322 e. The molecule has 1 aromatic carbocycles. The number of aryl methyl sites for hydroxylation is 1. The lowest BCUT2D eigenvalue weighted by atomic mass is 10.2. The maximum Gasteiger partial charge on any atom is 0.257 e. The van der Waals surface area contributed by atoms with Crippen molar-refractivity contribution in [1.82, 2.24) is 4.98 Å². The van der Waals surface area contributed by atoms with Crippen molar-refractivity contribution in [3.05, 3.63) is 52.1 Å². The van der Waals surface area contributed by atoms with E-state index in [2.05, 4.69) is 31.7 Å². The Bertz CT molecular complexity index is 598. The smallest absolute Gasteiger partial charge is 0.257 e. The predicted molar refractivity (Wildman–Crippen MR) is 78.9 cm³/mol. The normalized spacial score (nSPS) is 10.1. The van der Waals surface area contributed by atoms with Gasteiger partial charge in [0, 0.05) is 16.4 Å². The number of hydrogen-bond acceptors (Lipinski definition) is 4. The fraction of sp³-hybridized carbons (Fsp3) is 0.0769. The van der Waals surface area contributed by atoms with E-state index in [-0.39, 0.29) is 5.91 Å². The summed E-state index contributed by atoms with van der Waals surface area (Å²) in [7, 11) is 0. The number of hydrogen-bond donors (Lipinski definition) is 3. The number of amides is 1. The molecule has 0 atom stereocenters. The number of halogens is 1. The van der Waals surface area contributed by atoms with Crippen LogP contribution in [-0.2, 0) is 0 Å². The second-order valence-electron chi connectivity index (χ2n) is 3.99. The number of aromatic nitrogens is 1. The Morgan fingerprint density at radius 3 is 2.68 bits per heavy atom. The molecule has 0 saturated carbocycles. The van der Waals surface area contributed by atoms with Crippen molar-refractivity contribution in [2.45, 2.75) is 6.92 Å². The minimum atomic E-state index is -0.207. The fourth-order valence-electron chi connectivity index (χ4n) is 1.58. The zero-order valence-electron chi connectivity index (χ0n) is 10.3. The van der Waals surface area contributed by atoms with Crippen molar-refractivity contribution in [1.29, 1.82) is 0 Å². The lowest BCUT2D eigenvalue weighted by Gasteiger charge is -2.09. The average Bonchev–Trinajstić information content (AvgIpc) is 2.42. The number of nitrogens with two attached hydrogens (primary N) is 1. The molecule has 2 rings (SSSR count). The van der Waals surface area contributed by atoms with Crippen LogP contribution in [0.3, 0.4) is 0 Å². The second kappa shape index (κ2) is 5.81. The molecule has 0 unspecified atom stereocenters. The number of carbonyl (C=O) groups is 1. The lowest BCUT2D eigenvalue weighted by Crippen LogP contribution is -2.14. The van der Waals surface area contributed by atoms with Gasteiger partial charge in [-0.05, 0) is 42.8 Å². The quantitative estimate of drug-likeness (QED) is 0.600. The SMILES string of the molecule is Cc1cc(Br)ccc1NC(=O)c1ccc(NN)nc1. The van der Waals surface area contributed by atoms with Crippen LogP contribution in [0.15, 0.2) is 41.0 Å². The number of anilines is 2. The van der Waals surface area contributed by atoms with Gasteiger partial charge in [-0.15, -0.1) is 0 Å². The lowest BCUT2D eigenvalue weighted by molar-refractivity contribution is 0.102. The van der Waals surface area contributed by atoms with E-state index in [0.717, 1.165) is 15.7 Å². The van der Waals surface area contributed by atoms with Gasteiger partial charge in [0.25, 0.3) is 5.91 Å². The van der Waals surface area contributed by atoms with Gasteiger partial charge in [0.1, 0.15) is 5.82 Å². The third-order valence-corrected chi connectivity index (χ3v) is 3.10. The van der Waals surface area contributed by atoms with E-state index in [4.69, 9.17) is 5.84 Å². The van der Waals surface area contributed by atoms with Gasteiger partial charge in [0.2, 0.25) is 0 Å². The first-order valence-electron chi connectivity index (χ1n) is 5.60. The summed E-state index contributed by atoms with van der Waals surface area (Å²) >= 11 is 3.38. The van der Waals surface area contributed by atoms with E-state index in [1.54, 1.807) is 12.1 Å². The molecule has 6 heteroatoms. The molecule has 0 fully saturated rings. The number of carbonyl (C=O) groups excluding carboxylic acids is 1. The molecule has 2 aromatic rings. The molecular weight excluding hydrogens is 308 g/mol. The van der Waals surface area contributed by atoms with Crippen LogP contribution in [0.1, 0.15) is 15.9 Å². The Kier molecular flexibility index (Phi) is 4.13. The first kappa shape index (κ1) is 13.5. The number of nitrogens with zero attached hydrogens (tertiary/aromatic N) is 1. The average molecular weight is 321 g/mol. The molecule has 5 nitrogen and oxygen atoms in total. The number of hydrazine groups is 1. The van der Waals surface area contributed by atoms with Gasteiger partial charge in [-0.25, -0.2) is 10.8 Å². The number of pyridine rings is 1. The Labute approximate surface area is 119 Å². The monoisotopic (exact) mass is 320 g/mol. The Morgan fingerprint density at radius 1 is 1.32 bits per heavy atom. The standard InChI is InChI=1S/C13H13BrN4O/c1-8-6-10(14)3-4-11(8)17-13(19)9-2-5-12(18-15)16-7-9/h2-7H,15H2,1H3,(H,16,18)(H,17,19). The molecule has 0 radical (unpaired) electrons. The van der Waals surface area contributed by atoms with Crippen LogP contribution in [0.4, 0.5) is 11.5 Å². The van der Waals surface area contributed by atoms with Gasteiger partial charge in [-0.2, -0.15) is 0 Å². The maximum absolute atomic E-state index is 12.0. The van der Waals surface area contributed by atoms with Crippen molar-refractivity contribution in [3.8, 4) is 0 Å². The molecule has 0 aliphatic carbocycles. The highest BCUT2D eigenvalue weighted by Gasteiger charge is 2.08. The molecule has 1 amide bonds. The van der Waals surface area contributed by atoms with Crippen LogP contribution >= 0.6 is 15.9 Å². The summed E-state index contributed by atoms with van der Waals surface area (Å²) in [6.07, 6.45) is 1.47. The predicted octanol–water partition coefficient (Wildman–Crippen LogP) is 2.69. The van der Waals surface area contributed by atoms with Crippen LogP contribution in [0.2, 0.25) is 0 Å². The molecule has 0 bridgehead atoms. The highest BCUT2D eigenvalue weighted by atomic mass is 79.9. The summed E-state index contributed by atoms with van der Waals surface area (Å²) < 4.78 is 0.975. The molecular formula is C13H13BrN4O. The van der Waals surface area contributed by atoms with Crippen molar-refractivity contribution in [2.24, 2.45) is 5.84 Å². The summed E-state index contributed by atoms with van der Waals surface area (Å²) in [6, 6.07) is 8.97. The van der Waals surface area contributed by atoms with E-state index in [1.807, 2.05) is 25.1 Å². The fourth-order valence-corrected chi connectivity index (χ4v) is 2.05. The second-order valence-corrected chi connectivity index (χ2v) is 4.91. The van der Waals surface area contributed by atoms with E-state index in [1.165, 1.54) is 6.20 Å². The highest BCUT2D eigenvalue weighted by molar-refractivity contribution is 9.10. The van der Waals surface area contributed by atoms with Crippen molar-refractivity contribution in [2.75, 3.05) is 10.7 Å². The van der Waals surface area contributed by atoms with Crippen LogP contribution in [0, 0.1) is 6.92 Å². The highest BCUT2D eigenvalue weighted by Crippen LogP contribution is 2.20. The van der Waals surface area contributed by atoms with E-state index in [0.29, 0.717) is 11.4 Å². The third-order valence-electron chi connectivity index (χ3n) is 2.61. The summed E-state index contributed by atoms with van der Waals surface area (Å²) in [4.78, 5) is 16.0. The Balaban J connectivity index is 2.15. The van der Waals surface area contributed by atoms with E-state index < -0.39 is 0 Å². The van der Waals surface area contributed by atoms with Crippen LogP contribution < -0.4 is 16.6 Å². The summed E-state index contributed by atoms with van der Waals surface area (Å²) in [6.45, 7) is 1.93. The van der Waals surface area contributed by atoms with Crippen LogP contribution in [0.25, 0.3) is 0 Å². The van der Waals surface area contributed by atoms with Crippen molar-refractivity contribution < 1.29 is 4.79 Å². The van der Waals surface area contributed by atoms with Crippen LogP contribution in [0.5, 0.6) is 0 Å². The van der Waals surface area contributed by atoms with Gasteiger partial charge >= 0.3 is 0 Å². The summed E-state index contributed by atoms with van der Waals surface area (Å²) in [5.74, 6) is 5.52. The van der Waals surface area contributed by atoms with E-state index in [9.17, 15) is 4.79 Å². The first-order chi connectivity index (χ1) is 9.10. The van der Waals surface area contributed by atoms with Crippen molar-refractivity contribution in [3.63, 3.8) is 0 Å². The van der Waals surface area contributed by atoms with Gasteiger partial charge in [0.15, 0.2) is 0 Å². The van der Waals surface area contributed by atoms with E-state index >= 15 is 0 Å². The Morgan fingerprint density at radius 2 is 2.11 bits per heavy atom. The molecule has 0 aliphatic rings. The molecule has 98 valence electrons. The van der Waals surface area contributed by atoms with Gasteiger partial charge in [-0.1, -0.05) is 15.9 Å². The minimum Gasteiger partial charge on any atom is -0.322 e. The maximum atomic E-state index is 12.0. The summed E-state index contributed by atoms with van der Waals surface area (Å²) in [5, 5.41) is 2.84. The number of benzene rings is 1. The van der Waals surface area contributed by atoms with Crippen molar-refractivity contribution >= 4 is 33.3 Å². The third kappa shape index (κ3) is 3.30. The molecule has 1 aromatic heterocycles. The molecule has 0 spiro atoms. The molecule has 4 N–H and O–H groups in total. The van der Waals surface area contributed by atoms with Crippen LogP contribution in [-0.4, -0.2) is 10.9 Å². The number of nitrogens with one attached hydrogen (secondary N) is 2. The molecule has 19 heavy (non-hydrogen) atoms. The molecule has 0 saturated heterocycles. The zero-order chi connectivity index (χ0) is 13.8. The summed E-state index contributed by atoms with van der Waals surface area (Å²) in [5.41, 5.74) is 4.64. The number of nitrogen functional groups attached to an aromatic ring is 1.